The number of nitrogens with two attached hydrogens (primary N) is 1. The van der Waals surface area contributed by atoms with Crippen molar-refractivity contribution in [1.82, 2.24) is 9.88 Å². The first-order valence-corrected chi connectivity index (χ1v) is 9.86. The van der Waals surface area contributed by atoms with E-state index in [0.717, 1.165) is 40.8 Å². The Morgan fingerprint density at radius 2 is 1.82 bits per heavy atom. The molecule has 1 aliphatic rings. The fraction of sp³-hybridized carbons (Fsp3) is 0.273. The van der Waals surface area contributed by atoms with Crippen LogP contribution in [0.25, 0.3) is 10.9 Å². The average Bonchev–Trinajstić information content (AvgIpc) is 2.74. The van der Waals surface area contributed by atoms with Crippen molar-refractivity contribution in [3.63, 3.8) is 0 Å². The van der Waals surface area contributed by atoms with Gasteiger partial charge in [0, 0.05) is 49.4 Å². The fourth-order valence-corrected chi connectivity index (χ4v) is 4.05. The highest BCUT2D eigenvalue weighted by Gasteiger charge is 2.26. The number of benzene rings is 2. The first-order valence-electron chi connectivity index (χ1n) is 9.48. The third-order valence-electron chi connectivity index (χ3n) is 5.24. The number of carbonyl (C=O) groups excluding carboxylic acids is 1. The third-order valence-corrected chi connectivity index (χ3v) is 5.55. The highest BCUT2D eigenvalue weighted by molar-refractivity contribution is 6.36. The van der Waals surface area contributed by atoms with E-state index in [4.69, 9.17) is 17.3 Å². The number of nitrogens with zero attached hydrogens (tertiary/aromatic N) is 3. The van der Waals surface area contributed by atoms with E-state index < -0.39 is 0 Å². The summed E-state index contributed by atoms with van der Waals surface area (Å²) in [7, 11) is 0. The van der Waals surface area contributed by atoms with Crippen LogP contribution in [0.4, 0.5) is 5.69 Å². The van der Waals surface area contributed by atoms with Gasteiger partial charge in [-0.3, -0.25) is 9.78 Å². The van der Waals surface area contributed by atoms with Crippen molar-refractivity contribution in [2.24, 2.45) is 5.73 Å². The van der Waals surface area contributed by atoms with Crippen molar-refractivity contribution in [1.29, 1.82) is 0 Å². The van der Waals surface area contributed by atoms with Crippen molar-refractivity contribution in [2.75, 3.05) is 31.1 Å². The Labute approximate surface area is 169 Å². The van der Waals surface area contributed by atoms with Crippen LogP contribution in [-0.4, -0.2) is 42.0 Å². The number of hydrogen-bond donors (Lipinski definition) is 1. The first-order chi connectivity index (χ1) is 13.6. The molecule has 0 saturated carbocycles. The summed E-state index contributed by atoms with van der Waals surface area (Å²) in [5.41, 5.74) is 9.86. The molecule has 144 valence electrons. The van der Waals surface area contributed by atoms with Gasteiger partial charge in [-0.15, -0.1) is 0 Å². The predicted octanol–water partition coefficient (Wildman–Crippen LogP) is 3.87. The standard InChI is InChI=1S/C22H23ClN4O/c1-15(24)18-14-19(23)17-8-5-9-25-20(17)21(18)26-10-12-27(13-11-26)22(28)16-6-3-2-4-7-16/h2-9,14-15H,10-13,24H2,1H3. The molecule has 0 radical (unpaired) electrons. The summed E-state index contributed by atoms with van der Waals surface area (Å²) in [4.78, 5) is 21.5. The Hall–Kier alpha value is -2.63. The van der Waals surface area contributed by atoms with Crippen LogP contribution in [0.3, 0.4) is 0 Å². The minimum atomic E-state index is -0.164. The molecule has 2 aromatic carbocycles. The van der Waals surface area contributed by atoms with E-state index in [1.165, 1.54) is 0 Å². The number of carbonyl (C=O) groups is 1. The number of rotatable bonds is 3. The van der Waals surface area contributed by atoms with Gasteiger partial charge in [-0.25, -0.2) is 0 Å². The van der Waals surface area contributed by atoms with E-state index >= 15 is 0 Å². The molecule has 1 amide bonds. The molecule has 3 aromatic rings. The minimum Gasteiger partial charge on any atom is -0.366 e. The molecular formula is C22H23ClN4O. The van der Waals surface area contributed by atoms with Gasteiger partial charge in [0.2, 0.25) is 0 Å². The molecular weight excluding hydrogens is 372 g/mol. The molecule has 4 rings (SSSR count). The quantitative estimate of drug-likeness (QED) is 0.732. The number of aromatic nitrogens is 1. The van der Waals surface area contributed by atoms with Gasteiger partial charge in [0.15, 0.2) is 0 Å². The van der Waals surface area contributed by atoms with E-state index in [9.17, 15) is 4.79 Å². The summed E-state index contributed by atoms with van der Waals surface area (Å²) < 4.78 is 0. The van der Waals surface area contributed by atoms with Crippen molar-refractivity contribution in [2.45, 2.75) is 13.0 Å². The lowest BCUT2D eigenvalue weighted by molar-refractivity contribution is 0.0747. The Morgan fingerprint density at radius 1 is 1.11 bits per heavy atom. The molecule has 28 heavy (non-hydrogen) atoms. The Balaban J connectivity index is 1.63. The van der Waals surface area contributed by atoms with Crippen LogP contribution in [0.2, 0.25) is 5.02 Å². The van der Waals surface area contributed by atoms with Crippen LogP contribution >= 0.6 is 11.6 Å². The number of hydrogen-bond acceptors (Lipinski definition) is 4. The molecule has 1 fully saturated rings. The van der Waals surface area contributed by atoms with Crippen molar-refractivity contribution >= 4 is 34.1 Å². The van der Waals surface area contributed by atoms with Gasteiger partial charge in [-0.2, -0.15) is 0 Å². The Kier molecular flexibility index (Phi) is 5.20. The predicted molar refractivity (Wildman–Crippen MR) is 114 cm³/mol. The smallest absolute Gasteiger partial charge is 0.253 e. The number of pyridine rings is 1. The maximum atomic E-state index is 12.7. The number of halogens is 1. The second-order valence-corrected chi connectivity index (χ2v) is 7.54. The van der Waals surface area contributed by atoms with Gasteiger partial charge in [-0.1, -0.05) is 29.8 Å². The van der Waals surface area contributed by atoms with E-state index in [1.54, 1.807) is 6.20 Å². The van der Waals surface area contributed by atoms with Gasteiger partial charge in [0.1, 0.15) is 0 Å². The number of anilines is 1. The fourth-order valence-electron chi connectivity index (χ4n) is 3.78. The summed E-state index contributed by atoms with van der Waals surface area (Å²) >= 11 is 6.48. The summed E-state index contributed by atoms with van der Waals surface area (Å²) in [6.07, 6.45) is 1.78. The van der Waals surface area contributed by atoms with Crippen molar-refractivity contribution in [3.8, 4) is 0 Å². The lowest BCUT2D eigenvalue weighted by Gasteiger charge is -2.38. The number of piperazine rings is 1. The van der Waals surface area contributed by atoms with Crippen LogP contribution in [0.1, 0.15) is 28.9 Å². The molecule has 6 heteroatoms. The molecule has 0 bridgehead atoms. The molecule has 1 aliphatic heterocycles. The highest BCUT2D eigenvalue weighted by atomic mass is 35.5. The van der Waals surface area contributed by atoms with Crippen molar-refractivity contribution in [3.05, 3.63) is 70.9 Å². The van der Waals surface area contributed by atoms with E-state index in [1.807, 2.05) is 60.4 Å². The molecule has 1 atom stereocenters. The van der Waals surface area contributed by atoms with Crippen LogP contribution in [0.5, 0.6) is 0 Å². The summed E-state index contributed by atoms with van der Waals surface area (Å²) in [5.74, 6) is 0.0757. The highest BCUT2D eigenvalue weighted by Crippen LogP contribution is 2.37. The zero-order valence-corrected chi connectivity index (χ0v) is 16.6. The monoisotopic (exact) mass is 394 g/mol. The first kappa shape index (κ1) is 18.7. The number of fused-ring (bicyclic) bond motifs is 1. The lowest BCUT2D eigenvalue weighted by atomic mass is 10.0. The summed E-state index contributed by atoms with van der Waals surface area (Å²) in [6, 6.07) is 15.1. The van der Waals surface area contributed by atoms with Crippen LogP contribution in [0.15, 0.2) is 54.7 Å². The summed E-state index contributed by atoms with van der Waals surface area (Å²) in [5, 5.41) is 1.59. The third kappa shape index (κ3) is 3.43. The second-order valence-electron chi connectivity index (χ2n) is 7.13. The largest absolute Gasteiger partial charge is 0.366 e. The van der Waals surface area contributed by atoms with E-state index in [-0.39, 0.29) is 11.9 Å². The van der Waals surface area contributed by atoms with E-state index in [0.29, 0.717) is 18.1 Å². The molecule has 0 aliphatic carbocycles. The molecule has 0 spiro atoms. The van der Waals surface area contributed by atoms with Crippen LogP contribution in [-0.2, 0) is 0 Å². The van der Waals surface area contributed by atoms with Gasteiger partial charge in [0.05, 0.1) is 16.2 Å². The van der Waals surface area contributed by atoms with Crippen LogP contribution < -0.4 is 10.6 Å². The SMILES string of the molecule is CC(N)c1cc(Cl)c2cccnc2c1N1CCN(C(=O)c2ccccc2)CC1. The Bertz CT molecular complexity index is 998. The van der Waals surface area contributed by atoms with Gasteiger partial charge >= 0.3 is 0 Å². The average molecular weight is 395 g/mol. The normalized spacial score (nSPS) is 15.7. The van der Waals surface area contributed by atoms with Gasteiger partial charge in [0.25, 0.3) is 5.91 Å². The maximum absolute atomic E-state index is 12.7. The maximum Gasteiger partial charge on any atom is 0.253 e. The molecule has 5 nitrogen and oxygen atoms in total. The molecule has 1 unspecified atom stereocenters. The van der Waals surface area contributed by atoms with Crippen molar-refractivity contribution < 1.29 is 4.79 Å². The summed E-state index contributed by atoms with van der Waals surface area (Å²) in [6.45, 7) is 4.72. The zero-order valence-electron chi connectivity index (χ0n) is 15.8. The minimum absolute atomic E-state index is 0.0757. The van der Waals surface area contributed by atoms with Gasteiger partial charge < -0.3 is 15.5 Å². The molecule has 2 heterocycles. The molecule has 2 N–H and O–H groups in total. The topological polar surface area (TPSA) is 62.5 Å². The zero-order chi connectivity index (χ0) is 19.7. The molecule has 1 saturated heterocycles. The van der Waals surface area contributed by atoms with E-state index in [2.05, 4.69) is 9.88 Å². The molecule has 1 aromatic heterocycles. The Morgan fingerprint density at radius 3 is 2.50 bits per heavy atom. The number of amides is 1. The second kappa shape index (κ2) is 7.78. The van der Waals surface area contributed by atoms with Gasteiger partial charge in [-0.05, 0) is 42.8 Å². The van der Waals surface area contributed by atoms with Crippen LogP contribution in [0, 0.1) is 0 Å². The lowest BCUT2D eigenvalue weighted by Crippen LogP contribution is -2.49.